The first-order chi connectivity index (χ1) is 7.90. The van der Waals surface area contributed by atoms with Gasteiger partial charge in [0.15, 0.2) is 0 Å². The van der Waals surface area contributed by atoms with Crippen molar-refractivity contribution in [1.82, 2.24) is 0 Å². The molecule has 0 aliphatic rings. The molecule has 1 aromatic rings. The molecule has 1 aromatic carbocycles. The van der Waals surface area contributed by atoms with E-state index in [0.29, 0.717) is 0 Å². The van der Waals surface area contributed by atoms with E-state index in [2.05, 4.69) is 21.2 Å². The highest BCUT2D eigenvalue weighted by atomic mass is 79.9. The van der Waals surface area contributed by atoms with Crippen molar-refractivity contribution in [3.05, 3.63) is 33.3 Å². The first kappa shape index (κ1) is 13.9. The molecule has 0 heterocycles. The number of hydrogen-bond donors (Lipinski definition) is 1. The lowest BCUT2D eigenvalue weighted by Gasteiger charge is -2.07. The Morgan fingerprint density at radius 3 is 2.82 bits per heavy atom. The SMILES string of the molecule is CC(Br)CC(=O)Nc1ccc(Cl)cc1[N+](=O)[O-]. The molecule has 0 aliphatic carbocycles. The number of carbonyl (C=O) groups excluding carboxylic acids is 1. The van der Waals surface area contributed by atoms with Gasteiger partial charge >= 0.3 is 0 Å². The van der Waals surface area contributed by atoms with E-state index in [-0.39, 0.29) is 33.6 Å². The fourth-order valence-corrected chi connectivity index (χ4v) is 1.68. The summed E-state index contributed by atoms with van der Waals surface area (Å²) in [6.45, 7) is 1.82. The normalized spacial score (nSPS) is 11.9. The maximum atomic E-state index is 11.5. The van der Waals surface area contributed by atoms with Gasteiger partial charge in [0.2, 0.25) is 5.91 Å². The minimum absolute atomic E-state index is 0.00820. The van der Waals surface area contributed by atoms with Crippen molar-refractivity contribution in [2.75, 3.05) is 5.32 Å². The van der Waals surface area contributed by atoms with Gasteiger partial charge in [-0.3, -0.25) is 14.9 Å². The second kappa shape index (κ2) is 5.97. The lowest BCUT2D eigenvalue weighted by molar-refractivity contribution is -0.383. The Labute approximate surface area is 111 Å². The van der Waals surface area contributed by atoms with Crippen molar-refractivity contribution in [3.63, 3.8) is 0 Å². The van der Waals surface area contributed by atoms with Gasteiger partial charge in [-0.05, 0) is 12.1 Å². The summed E-state index contributed by atoms with van der Waals surface area (Å²) in [5.74, 6) is -0.292. The topological polar surface area (TPSA) is 72.2 Å². The third kappa shape index (κ3) is 4.32. The molecule has 5 nitrogen and oxygen atoms in total. The highest BCUT2D eigenvalue weighted by Crippen LogP contribution is 2.27. The lowest BCUT2D eigenvalue weighted by Crippen LogP contribution is -2.15. The van der Waals surface area contributed by atoms with Crippen LogP contribution in [0.15, 0.2) is 18.2 Å². The van der Waals surface area contributed by atoms with E-state index in [1.807, 2.05) is 6.92 Å². The highest BCUT2D eigenvalue weighted by molar-refractivity contribution is 9.09. The zero-order valence-corrected chi connectivity index (χ0v) is 11.3. The minimum atomic E-state index is -0.584. The number of alkyl halides is 1. The molecule has 0 fully saturated rings. The first-order valence-electron chi connectivity index (χ1n) is 4.78. The van der Waals surface area contributed by atoms with Crippen molar-refractivity contribution in [2.24, 2.45) is 0 Å². The van der Waals surface area contributed by atoms with E-state index in [1.165, 1.54) is 18.2 Å². The quantitative estimate of drug-likeness (QED) is 0.525. The molecule has 7 heteroatoms. The number of anilines is 1. The molecule has 1 N–H and O–H groups in total. The van der Waals surface area contributed by atoms with Crippen LogP contribution in [-0.4, -0.2) is 15.7 Å². The first-order valence-corrected chi connectivity index (χ1v) is 6.07. The minimum Gasteiger partial charge on any atom is -0.320 e. The largest absolute Gasteiger partial charge is 0.320 e. The third-order valence-corrected chi connectivity index (χ3v) is 2.46. The zero-order chi connectivity index (χ0) is 13.0. The number of rotatable bonds is 4. The summed E-state index contributed by atoms with van der Waals surface area (Å²) in [6, 6.07) is 4.10. The van der Waals surface area contributed by atoms with Crippen LogP contribution in [0.2, 0.25) is 5.02 Å². The molecular weight excluding hydrogens is 311 g/mol. The standard InChI is InChI=1S/C10H10BrClN2O3/c1-6(11)4-10(15)13-8-3-2-7(12)5-9(8)14(16)17/h2-3,5-6H,4H2,1H3,(H,13,15). The van der Waals surface area contributed by atoms with Crippen molar-refractivity contribution < 1.29 is 9.72 Å². The van der Waals surface area contributed by atoms with Crippen LogP contribution in [0.25, 0.3) is 0 Å². The maximum Gasteiger partial charge on any atom is 0.294 e. The Kier molecular flexibility index (Phi) is 4.89. The molecule has 0 radical (unpaired) electrons. The summed E-state index contributed by atoms with van der Waals surface area (Å²) < 4.78 is 0. The number of halogens is 2. The molecule has 1 atom stereocenters. The van der Waals surface area contributed by atoms with Gasteiger partial charge < -0.3 is 5.32 Å². The molecular formula is C10H10BrClN2O3. The predicted molar refractivity (Wildman–Crippen MR) is 69.7 cm³/mol. The second-order valence-corrected chi connectivity index (χ2v) is 5.45. The van der Waals surface area contributed by atoms with Crippen LogP contribution in [0.5, 0.6) is 0 Å². The molecule has 92 valence electrons. The average Bonchev–Trinajstić information content (AvgIpc) is 2.19. The van der Waals surface area contributed by atoms with Crippen molar-refractivity contribution in [2.45, 2.75) is 18.2 Å². The van der Waals surface area contributed by atoms with E-state index in [1.54, 1.807) is 0 Å². The Balaban J connectivity index is 2.91. The summed E-state index contributed by atoms with van der Waals surface area (Å²) in [7, 11) is 0. The number of benzene rings is 1. The molecule has 1 amide bonds. The maximum absolute atomic E-state index is 11.5. The van der Waals surface area contributed by atoms with Gasteiger partial charge in [0, 0.05) is 22.3 Å². The number of hydrogen-bond acceptors (Lipinski definition) is 3. The summed E-state index contributed by atoms with van der Waals surface area (Å²) in [5, 5.41) is 13.5. The monoisotopic (exact) mass is 320 g/mol. The van der Waals surface area contributed by atoms with Crippen LogP contribution in [0, 0.1) is 10.1 Å². The van der Waals surface area contributed by atoms with E-state index in [9.17, 15) is 14.9 Å². The van der Waals surface area contributed by atoms with E-state index < -0.39 is 4.92 Å². The molecule has 0 aliphatic heterocycles. The van der Waals surface area contributed by atoms with Crippen LogP contribution >= 0.6 is 27.5 Å². The van der Waals surface area contributed by atoms with Crippen molar-refractivity contribution >= 4 is 44.8 Å². The van der Waals surface area contributed by atoms with E-state index >= 15 is 0 Å². The Morgan fingerprint density at radius 1 is 1.65 bits per heavy atom. The summed E-state index contributed by atoms with van der Waals surface area (Å²) in [5.41, 5.74) is -0.0642. The zero-order valence-electron chi connectivity index (χ0n) is 8.94. The molecule has 1 rings (SSSR count). The number of nitro groups is 1. The number of nitrogens with zero attached hydrogens (tertiary/aromatic N) is 1. The Morgan fingerprint density at radius 2 is 2.29 bits per heavy atom. The Bertz CT molecular complexity index is 451. The molecule has 0 saturated heterocycles. The molecule has 0 spiro atoms. The van der Waals surface area contributed by atoms with E-state index in [0.717, 1.165) is 0 Å². The van der Waals surface area contributed by atoms with Crippen LogP contribution in [0.4, 0.5) is 11.4 Å². The number of nitrogens with one attached hydrogen (secondary N) is 1. The second-order valence-electron chi connectivity index (χ2n) is 3.45. The summed E-state index contributed by atoms with van der Waals surface area (Å²) >= 11 is 8.89. The fourth-order valence-electron chi connectivity index (χ4n) is 1.22. The number of carbonyl (C=O) groups is 1. The smallest absolute Gasteiger partial charge is 0.294 e. The predicted octanol–water partition coefficient (Wildman–Crippen LogP) is 3.36. The molecule has 0 saturated carbocycles. The molecule has 1 unspecified atom stereocenters. The van der Waals surface area contributed by atoms with Crippen LogP contribution < -0.4 is 5.32 Å². The number of amides is 1. The van der Waals surface area contributed by atoms with Gasteiger partial charge in [0.1, 0.15) is 5.69 Å². The van der Waals surface area contributed by atoms with E-state index in [4.69, 9.17) is 11.6 Å². The van der Waals surface area contributed by atoms with Crippen molar-refractivity contribution in [3.8, 4) is 0 Å². The van der Waals surface area contributed by atoms with Gasteiger partial charge in [-0.1, -0.05) is 34.5 Å². The Hall–Kier alpha value is -1.14. The van der Waals surface area contributed by atoms with Crippen LogP contribution in [-0.2, 0) is 4.79 Å². The highest BCUT2D eigenvalue weighted by Gasteiger charge is 2.16. The van der Waals surface area contributed by atoms with Gasteiger partial charge in [0.05, 0.1) is 4.92 Å². The van der Waals surface area contributed by atoms with Gasteiger partial charge in [-0.2, -0.15) is 0 Å². The fraction of sp³-hybridized carbons (Fsp3) is 0.300. The third-order valence-electron chi connectivity index (χ3n) is 1.90. The van der Waals surface area contributed by atoms with Gasteiger partial charge in [0.25, 0.3) is 5.69 Å². The average molecular weight is 322 g/mol. The summed E-state index contributed by atoms with van der Waals surface area (Å²) in [4.78, 5) is 21.7. The number of nitro benzene ring substituents is 1. The summed E-state index contributed by atoms with van der Waals surface area (Å²) in [6.07, 6.45) is 0.236. The molecule has 17 heavy (non-hydrogen) atoms. The lowest BCUT2D eigenvalue weighted by atomic mass is 10.2. The van der Waals surface area contributed by atoms with Crippen molar-refractivity contribution in [1.29, 1.82) is 0 Å². The van der Waals surface area contributed by atoms with Crippen LogP contribution in [0.1, 0.15) is 13.3 Å². The van der Waals surface area contributed by atoms with Crippen LogP contribution in [0.3, 0.4) is 0 Å². The van der Waals surface area contributed by atoms with Gasteiger partial charge in [-0.15, -0.1) is 0 Å². The molecule has 0 aromatic heterocycles. The molecule has 0 bridgehead atoms. The van der Waals surface area contributed by atoms with Gasteiger partial charge in [-0.25, -0.2) is 0 Å².